The standard InChI is InChI=1S/C23H27N5O4S/c1-4-28-21(19(13-29)25-22(31)16-9-11-17(32-3)12-10-16)26-27-23(28)33-14-20(30)24-18-8-6-5-7-15(18)2/h5-12,19,29H,4,13-14H2,1-3H3,(H,24,30)(H,25,31). The summed E-state index contributed by atoms with van der Waals surface area (Å²) < 4.78 is 6.89. The second-order valence-electron chi connectivity index (χ2n) is 7.17. The fourth-order valence-corrected chi connectivity index (χ4v) is 3.98. The summed E-state index contributed by atoms with van der Waals surface area (Å²) in [5.41, 5.74) is 2.18. The first-order valence-corrected chi connectivity index (χ1v) is 11.4. The zero-order valence-corrected chi connectivity index (χ0v) is 19.6. The third-order valence-electron chi connectivity index (χ3n) is 4.96. The summed E-state index contributed by atoms with van der Waals surface area (Å²) in [6.07, 6.45) is 0. The van der Waals surface area contributed by atoms with Gasteiger partial charge in [-0.25, -0.2) is 0 Å². The third-order valence-corrected chi connectivity index (χ3v) is 5.93. The first-order chi connectivity index (χ1) is 16.0. The molecule has 0 saturated heterocycles. The van der Waals surface area contributed by atoms with Crippen molar-refractivity contribution in [3.8, 4) is 5.75 Å². The number of thioether (sulfide) groups is 1. The Kier molecular flexibility index (Phi) is 8.45. The summed E-state index contributed by atoms with van der Waals surface area (Å²) >= 11 is 1.24. The van der Waals surface area contributed by atoms with Crippen LogP contribution in [0.5, 0.6) is 5.75 Å². The maximum Gasteiger partial charge on any atom is 0.251 e. The van der Waals surface area contributed by atoms with Crippen molar-refractivity contribution in [1.82, 2.24) is 20.1 Å². The van der Waals surface area contributed by atoms with Crippen LogP contribution in [-0.2, 0) is 11.3 Å². The number of aliphatic hydroxyl groups is 1. The molecule has 1 atom stereocenters. The molecule has 2 aromatic carbocycles. The second-order valence-corrected chi connectivity index (χ2v) is 8.12. The lowest BCUT2D eigenvalue weighted by Gasteiger charge is -2.17. The predicted molar refractivity (Wildman–Crippen MR) is 127 cm³/mol. The highest BCUT2D eigenvalue weighted by Crippen LogP contribution is 2.22. The number of nitrogens with one attached hydrogen (secondary N) is 2. The largest absolute Gasteiger partial charge is 0.497 e. The maximum absolute atomic E-state index is 12.6. The molecule has 0 bridgehead atoms. The average molecular weight is 470 g/mol. The molecule has 0 radical (unpaired) electrons. The molecule has 33 heavy (non-hydrogen) atoms. The van der Waals surface area contributed by atoms with Crippen LogP contribution in [0.15, 0.2) is 53.7 Å². The van der Waals surface area contributed by atoms with Gasteiger partial charge >= 0.3 is 0 Å². The van der Waals surface area contributed by atoms with Gasteiger partial charge < -0.3 is 25.0 Å². The Labute approximate surface area is 196 Å². The molecule has 1 heterocycles. The van der Waals surface area contributed by atoms with Crippen molar-refractivity contribution >= 4 is 29.3 Å². The van der Waals surface area contributed by atoms with E-state index < -0.39 is 6.04 Å². The number of hydrogen-bond acceptors (Lipinski definition) is 7. The van der Waals surface area contributed by atoms with Crippen LogP contribution in [0.3, 0.4) is 0 Å². The van der Waals surface area contributed by atoms with Crippen LogP contribution in [-0.4, -0.2) is 51.2 Å². The Morgan fingerprint density at radius 2 is 1.88 bits per heavy atom. The van der Waals surface area contributed by atoms with E-state index in [1.807, 2.05) is 38.1 Å². The number of aryl methyl sites for hydroxylation is 1. The summed E-state index contributed by atoms with van der Waals surface area (Å²) in [7, 11) is 1.55. The number of anilines is 1. The lowest BCUT2D eigenvalue weighted by atomic mass is 10.2. The molecule has 0 aliphatic rings. The Balaban J connectivity index is 1.66. The normalized spacial score (nSPS) is 11.6. The molecule has 0 fully saturated rings. The summed E-state index contributed by atoms with van der Waals surface area (Å²) in [5, 5.41) is 24.5. The van der Waals surface area contributed by atoms with Crippen LogP contribution in [0.25, 0.3) is 0 Å². The van der Waals surface area contributed by atoms with Crippen molar-refractivity contribution in [1.29, 1.82) is 0 Å². The van der Waals surface area contributed by atoms with E-state index in [0.717, 1.165) is 11.3 Å². The minimum absolute atomic E-state index is 0.147. The number of para-hydroxylation sites is 1. The molecule has 0 saturated carbocycles. The van der Waals surface area contributed by atoms with Crippen LogP contribution in [0.1, 0.15) is 34.7 Å². The van der Waals surface area contributed by atoms with Crippen LogP contribution in [0, 0.1) is 6.92 Å². The number of amides is 2. The van der Waals surface area contributed by atoms with Crippen molar-refractivity contribution in [3.63, 3.8) is 0 Å². The van der Waals surface area contributed by atoms with E-state index in [4.69, 9.17) is 4.74 Å². The van der Waals surface area contributed by atoms with Crippen LogP contribution in [0.4, 0.5) is 5.69 Å². The van der Waals surface area contributed by atoms with Gasteiger partial charge in [0.2, 0.25) is 5.91 Å². The molecule has 2 amide bonds. The van der Waals surface area contributed by atoms with Gasteiger partial charge in [0.25, 0.3) is 5.91 Å². The van der Waals surface area contributed by atoms with E-state index in [1.54, 1.807) is 35.9 Å². The Morgan fingerprint density at radius 1 is 1.15 bits per heavy atom. The van der Waals surface area contributed by atoms with E-state index in [-0.39, 0.29) is 24.2 Å². The lowest BCUT2D eigenvalue weighted by molar-refractivity contribution is -0.113. The number of methoxy groups -OCH3 is 1. The topological polar surface area (TPSA) is 118 Å². The summed E-state index contributed by atoms with van der Waals surface area (Å²) in [4.78, 5) is 25.0. The van der Waals surface area contributed by atoms with Crippen LogP contribution in [0.2, 0.25) is 0 Å². The number of carbonyl (C=O) groups excluding carboxylic acids is 2. The molecular weight excluding hydrogens is 442 g/mol. The highest BCUT2D eigenvalue weighted by atomic mass is 32.2. The van der Waals surface area contributed by atoms with E-state index in [1.165, 1.54) is 11.8 Å². The molecule has 3 aromatic rings. The fraction of sp³-hybridized carbons (Fsp3) is 0.304. The van der Waals surface area contributed by atoms with Gasteiger partial charge in [-0.15, -0.1) is 10.2 Å². The van der Waals surface area contributed by atoms with Crippen molar-refractivity contribution in [3.05, 3.63) is 65.5 Å². The van der Waals surface area contributed by atoms with Gasteiger partial charge in [0.1, 0.15) is 11.8 Å². The molecule has 1 aromatic heterocycles. The number of aliphatic hydroxyl groups excluding tert-OH is 1. The molecule has 3 N–H and O–H groups in total. The second kappa shape index (κ2) is 11.5. The van der Waals surface area contributed by atoms with Crippen LogP contribution < -0.4 is 15.4 Å². The molecular formula is C23H27N5O4S. The number of rotatable bonds is 10. The zero-order chi connectivity index (χ0) is 23.8. The molecule has 10 heteroatoms. The van der Waals surface area contributed by atoms with Crippen molar-refractivity contribution in [2.24, 2.45) is 0 Å². The number of aromatic nitrogens is 3. The number of hydrogen-bond donors (Lipinski definition) is 3. The lowest BCUT2D eigenvalue weighted by Crippen LogP contribution is -2.32. The summed E-state index contributed by atoms with van der Waals surface area (Å²) in [5.74, 6) is 0.698. The minimum Gasteiger partial charge on any atom is -0.497 e. The fourth-order valence-electron chi connectivity index (χ4n) is 3.17. The Bertz CT molecular complexity index is 1100. The number of nitrogens with zero attached hydrogens (tertiary/aromatic N) is 3. The van der Waals surface area contributed by atoms with Crippen molar-refractivity contribution in [2.45, 2.75) is 31.6 Å². The number of benzene rings is 2. The smallest absolute Gasteiger partial charge is 0.251 e. The number of ether oxygens (including phenoxy) is 1. The van der Waals surface area contributed by atoms with E-state index in [9.17, 15) is 14.7 Å². The maximum atomic E-state index is 12.6. The minimum atomic E-state index is -0.748. The average Bonchev–Trinajstić information content (AvgIpc) is 3.25. The molecule has 3 rings (SSSR count). The quantitative estimate of drug-likeness (QED) is 0.391. The van der Waals surface area contributed by atoms with Gasteiger partial charge in [0, 0.05) is 17.8 Å². The molecule has 174 valence electrons. The van der Waals surface area contributed by atoms with Crippen molar-refractivity contribution < 1.29 is 19.4 Å². The highest BCUT2D eigenvalue weighted by Gasteiger charge is 2.23. The summed E-state index contributed by atoms with van der Waals surface area (Å²) in [6, 6.07) is 13.5. The molecule has 0 aliphatic heterocycles. The third kappa shape index (κ3) is 6.11. The SMILES string of the molecule is CCn1c(SCC(=O)Nc2ccccc2C)nnc1C(CO)NC(=O)c1ccc(OC)cc1. The van der Waals surface area contributed by atoms with Gasteiger partial charge in [-0.2, -0.15) is 0 Å². The molecule has 0 aliphatic carbocycles. The zero-order valence-electron chi connectivity index (χ0n) is 18.7. The first-order valence-electron chi connectivity index (χ1n) is 10.4. The highest BCUT2D eigenvalue weighted by molar-refractivity contribution is 7.99. The van der Waals surface area contributed by atoms with Gasteiger partial charge in [0.05, 0.1) is 19.5 Å². The Hall–Kier alpha value is -3.37. The Morgan fingerprint density at radius 3 is 2.52 bits per heavy atom. The first kappa shape index (κ1) is 24.3. The van der Waals surface area contributed by atoms with E-state index in [2.05, 4.69) is 20.8 Å². The van der Waals surface area contributed by atoms with Gasteiger partial charge in [-0.3, -0.25) is 9.59 Å². The molecule has 1 unspecified atom stereocenters. The van der Waals surface area contributed by atoms with Gasteiger partial charge in [0.15, 0.2) is 11.0 Å². The predicted octanol–water partition coefficient (Wildman–Crippen LogP) is 2.81. The molecule has 0 spiro atoms. The van der Waals surface area contributed by atoms with Gasteiger partial charge in [-0.1, -0.05) is 30.0 Å². The number of carbonyl (C=O) groups is 2. The monoisotopic (exact) mass is 469 g/mol. The van der Waals surface area contributed by atoms with Gasteiger partial charge in [-0.05, 0) is 49.7 Å². The summed E-state index contributed by atoms with van der Waals surface area (Å²) in [6.45, 7) is 4.00. The van der Waals surface area contributed by atoms with E-state index in [0.29, 0.717) is 28.8 Å². The molecule has 9 nitrogen and oxygen atoms in total. The van der Waals surface area contributed by atoms with Crippen molar-refractivity contribution in [2.75, 3.05) is 24.8 Å². The van der Waals surface area contributed by atoms with Crippen LogP contribution >= 0.6 is 11.8 Å². The van der Waals surface area contributed by atoms with E-state index >= 15 is 0 Å².